The van der Waals surface area contributed by atoms with Crippen molar-refractivity contribution in [2.24, 2.45) is 5.73 Å². The molecule has 0 fully saturated rings. The lowest BCUT2D eigenvalue weighted by atomic mass is 10.2. The van der Waals surface area contributed by atoms with Gasteiger partial charge in [-0.05, 0) is 19.1 Å². The number of hydrogen-bond donors (Lipinski definition) is 1. The van der Waals surface area contributed by atoms with Gasteiger partial charge in [0.1, 0.15) is 10.7 Å². The molecule has 3 nitrogen and oxygen atoms in total. The summed E-state index contributed by atoms with van der Waals surface area (Å²) in [6, 6.07) is 7.50. The van der Waals surface area contributed by atoms with Crippen molar-refractivity contribution in [1.82, 2.24) is 0 Å². The minimum Gasteiger partial charge on any atom is -0.491 e. The van der Waals surface area contributed by atoms with E-state index in [1.165, 1.54) is 0 Å². The van der Waals surface area contributed by atoms with Crippen LogP contribution in [-0.2, 0) is 4.74 Å². The topological polar surface area (TPSA) is 44.5 Å². The minimum absolute atomic E-state index is 0.113. The Labute approximate surface area is 102 Å². The standard InChI is InChI=1S/C12H17NO2S/c1-9(6-7-14-2)15-11-5-3-4-10(8-11)12(13)16/h3-5,8-9H,6-7H2,1-2H3,(H2,13,16). The third-order valence-electron chi connectivity index (χ3n) is 2.18. The van der Waals surface area contributed by atoms with Crippen molar-refractivity contribution in [3.05, 3.63) is 29.8 Å². The Hall–Kier alpha value is -1.13. The summed E-state index contributed by atoms with van der Waals surface area (Å²) in [6.45, 7) is 2.70. The van der Waals surface area contributed by atoms with E-state index in [1.54, 1.807) is 7.11 Å². The summed E-state index contributed by atoms with van der Waals surface area (Å²) in [6.07, 6.45) is 0.968. The van der Waals surface area contributed by atoms with Crippen LogP contribution < -0.4 is 10.5 Å². The van der Waals surface area contributed by atoms with Gasteiger partial charge in [0.25, 0.3) is 0 Å². The van der Waals surface area contributed by atoms with Gasteiger partial charge in [-0.25, -0.2) is 0 Å². The molecule has 0 bridgehead atoms. The second-order valence-corrected chi connectivity index (χ2v) is 4.04. The predicted molar refractivity (Wildman–Crippen MR) is 68.9 cm³/mol. The number of rotatable bonds is 6. The molecule has 0 heterocycles. The molecular formula is C12H17NO2S. The van der Waals surface area contributed by atoms with Crippen molar-refractivity contribution >= 4 is 17.2 Å². The van der Waals surface area contributed by atoms with E-state index in [-0.39, 0.29) is 6.10 Å². The first-order valence-electron chi connectivity index (χ1n) is 5.19. The monoisotopic (exact) mass is 239 g/mol. The van der Waals surface area contributed by atoms with Gasteiger partial charge >= 0.3 is 0 Å². The van der Waals surface area contributed by atoms with Crippen LogP contribution in [0.25, 0.3) is 0 Å². The van der Waals surface area contributed by atoms with E-state index in [2.05, 4.69) is 0 Å². The minimum atomic E-state index is 0.113. The van der Waals surface area contributed by atoms with E-state index < -0.39 is 0 Å². The Morgan fingerprint density at radius 1 is 1.50 bits per heavy atom. The van der Waals surface area contributed by atoms with Crippen molar-refractivity contribution in [2.75, 3.05) is 13.7 Å². The number of methoxy groups -OCH3 is 1. The van der Waals surface area contributed by atoms with Crippen LogP contribution in [-0.4, -0.2) is 24.8 Å². The fraction of sp³-hybridized carbons (Fsp3) is 0.417. The van der Waals surface area contributed by atoms with Crippen LogP contribution in [0.4, 0.5) is 0 Å². The smallest absolute Gasteiger partial charge is 0.120 e. The van der Waals surface area contributed by atoms with Gasteiger partial charge in [-0.1, -0.05) is 24.4 Å². The largest absolute Gasteiger partial charge is 0.491 e. The van der Waals surface area contributed by atoms with Crippen molar-refractivity contribution in [1.29, 1.82) is 0 Å². The SMILES string of the molecule is COCCC(C)Oc1cccc(C(N)=S)c1. The Kier molecular flexibility index (Phi) is 5.22. The maximum atomic E-state index is 5.71. The van der Waals surface area contributed by atoms with E-state index in [4.69, 9.17) is 27.4 Å². The molecule has 0 amide bonds. The molecule has 88 valence electrons. The molecule has 2 N–H and O–H groups in total. The highest BCUT2D eigenvalue weighted by Gasteiger charge is 2.05. The summed E-state index contributed by atoms with van der Waals surface area (Å²) >= 11 is 4.91. The Morgan fingerprint density at radius 3 is 2.88 bits per heavy atom. The van der Waals surface area contributed by atoms with E-state index in [1.807, 2.05) is 31.2 Å². The molecule has 0 radical (unpaired) electrons. The van der Waals surface area contributed by atoms with Gasteiger partial charge < -0.3 is 15.2 Å². The lowest BCUT2D eigenvalue weighted by molar-refractivity contribution is 0.135. The van der Waals surface area contributed by atoms with Crippen LogP contribution in [0.2, 0.25) is 0 Å². The van der Waals surface area contributed by atoms with Gasteiger partial charge in [-0.2, -0.15) is 0 Å². The fourth-order valence-corrected chi connectivity index (χ4v) is 1.42. The lowest BCUT2D eigenvalue weighted by Crippen LogP contribution is -2.15. The zero-order valence-corrected chi connectivity index (χ0v) is 10.4. The lowest BCUT2D eigenvalue weighted by Gasteiger charge is -2.14. The highest BCUT2D eigenvalue weighted by molar-refractivity contribution is 7.80. The average molecular weight is 239 g/mol. The summed E-state index contributed by atoms with van der Waals surface area (Å²) in [5, 5.41) is 0. The normalized spacial score (nSPS) is 12.1. The van der Waals surface area contributed by atoms with Crippen molar-refractivity contribution in [3.8, 4) is 5.75 Å². The number of ether oxygens (including phenoxy) is 2. The van der Waals surface area contributed by atoms with Crippen molar-refractivity contribution in [2.45, 2.75) is 19.4 Å². The zero-order chi connectivity index (χ0) is 12.0. The average Bonchev–Trinajstić information content (AvgIpc) is 2.26. The molecule has 1 rings (SSSR count). The van der Waals surface area contributed by atoms with Crippen molar-refractivity contribution in [3.63, 3.8) is 0 Å². The van der Waals surface area contributed by atoms with E-state index in [9.17, 15) is 0 Å². The van der Waals surface area contributed by atoms with Crippen LogP contribution >= 0.6 is 12.2 Å². The van der Waals surface area contributed by atoms with E-state index in [0.29, 0.717) is 11.6 Å². The summed E-state index contributed by atoms with van der Waals surface area (Å²) in [7, 11) is 1.68. The molecule has 0 aromatic heterocycles. The fourth-order valence-electron chi connectivity index (χ4n) is 1.30. The molecule has 1 atom stereocenters. The van der Waals surface area contributed by atoms with Gasteiger partial charge in [-0.15, -0.1) is 0 Å². The third kappa shape index (κ3) is 4.16. The van der Waals surface area contributed by atoms with Gasteiger partial charge in [0.05, 0.1) is 6.10 Å². The van der Waals surface area contributed by atoms with E-state index >= 15 is 0 Å². The second-order valence-electron chi connectivity index (χ2n) is 3.60. The number of benzene rings is 1. The number of thiocarbonyl (C=S) groups is 1. The molecule has 1 aromatic rings. The molecule has 0 aliphatic carbocycles. The Balaban J connectivity index is 2.59. The van der Waals surface area contributed by atoms with E-state index in [0.717, 1.165) is 17.7 Å². The van der Waals surface area contributed by atoms with Crippen LogP contribution in [0.1, 0.15) is 18.9 Å². The molecule has 4 heteroatoms. The highest BCUT2D eigenvalue weighted by Crippen LogP contribution is 2.15. The first kappa shape index (κ1) is 12.9. The Bertz CT molecular complexity index is 355. The summed E-state index contributed by atoms with van der Waals surface area (Å²) in [5.41, 5.74) is 6.37. The van der Waals surface area contributed by atoms with Crippen LogP contribution in [0.5, 0.6) is 5.75 Å². The molecule has 1 aromatic carbocycles. The predicted octanol–water partition coefficient (Wildman–Crippen LogP) is 2.12. The number of hydrogen-bond acceptors (Lipinski definition) is 3. The first-order chi connectivity index (χ1) is 7.63. The maximum Gasteiger partial charge on any atom is 0.120 e. The Morgan fingerprint density at radius 2 is 2.25 bits per heavy atom. The second kappa shape index (κ2) is 6.45. The highest BCUT2D eigenvalue weighted by atomic mass is 32.1. The molecule has 0 saturated carbocycles. The molecule has 0 saturated heterocycles. The van der Waals surface area contributed by atoms with Gasteiger partial charge in [0, 0.05) is 25.7 Å². The first-order valence-corrected chi connectivity index (χ1v) is 5.59. The summed E-state index contributed by atoms with van der Waals surface area (Å²) in [5.74, 6) is 0.786. The maximum absolute atomic E-state index is 5.71. The molecule has 0 aliphatic heterocycles. The quantitative estimate of drug-likeness (QED) is 0.772. The van der Waals surface area contributed by atoms with Crippen molar-refractivity contribution < 1.29 is 9.47 Å². The van der Waals surface area contributed by atoms with Gasteiger partial charge in [-0.3, -0.25) is 0 Å². The summed E-state index contributed by atoms with van der Waals surface area (Å²) < 4.78 is 10.7. The van der Waals surface area contributed by atoms with Gasteiger partial charge in [0.2, 0.25) is 0 Å². The zero-order valence-electron chi connectivity index (χ0n) is 9.60. The third-order valence-corrected chi connectivity index (χ3v) is 2.42. The molecule has 0 aliphatic rings. The molecule has 16 heavy (non-hydrogen) atoms. The summed E-state index contributed by atoms with van der Waals surface area (Å²) in [4.78, 5) is 0.384. The molecule has 1 unspecified atom stereocenters. The van der Waals surface area contributed by atoms with Crippen LogP contribution in [0.15, 0.2) is 24.3 Å². The van der Waals surface area contributed by atoms with Crippen LogP contribution in [0.3, 0.4) is 0 Å². The molecule has 0 spiro atoms. The molecular weight excluding hydrogens is 222 g/mol. The van der Waals surface area contributed by atoms with Crippen LogP contribution in [0, 0.1) is 0 Å². The number of nitrogens with two attached hydrogens (primary N) is 1. The van der Waals surface area contributed by atoms with Gasteiger partial charge in [0.15, 0.2) is 0 Å².